The fraction of sp³-hybridized carbons (Fsp3) is 0.267. The van der Waals surface area contributed by atoms with Crippen LogP contribution in [0, 0.1) is 0 Å². The van der Waals surface area contributed by atoms with Gasteiger partial charge in [-0.3, -0.25) is 4.79 Å². The third kappa shape index (κ3) is 4.09. The molecular weight excluding hydrogens is 244 g/mol. The quantitative estimate of drug-likeness (QED) is 0.563. The topological polar surface area (TPSA) is 26.3 Å². The highest BCUT2D eigenvalue weighted by Gasteiger charge is 1.97. The molecule has 2 rings (SSSR count). The second kappa shape index (κ2) is 7.09. The van der Waals surface area contributed by atoms with E-state index in [2.05, 4.69) is 16.8 Å². The third-order valence-electron chi connectivity index (χ3n) is 2.74. The highest BCUT2D eigenvalue weighted by molar-refractivity contribution is 7.07. The molecule has 2 nitrogen and oxygen atoms in total. The zero-order chi connectivity index (χ0) is 12.6. The van der Waals surface area contributed by atoms with Crippen molar-refractivity contribution in [2.45, 2.75) is 12.8 Å². The summed E-state index contributed by atoms with van der Waals surface area (Å²) < 4.78 is 5.60. The second-order valence-corrected chi connectivity index (χ2v) is 4.89. The van der Waals surface area contributed by atoms with Gasteiger partial charge in [-0.05, 0) is 46.9 Å². The van der Waals surface area contributed by atoms with Crippen LogP contribution in [0.4, 0.5) is 0 Å². The van der Waals surface area contributed by atoms with Crippen molar-refractivity contribution in [2.75, 3.05) is 13.2 Å². The van der Waals surface area contributed by atoms with Gasteiger partial charge in [0.1, 0.15) is 6.29 Å². The van der Waals surface area contributed by atoms with Gasteiger partial charge in [-0.25, -0.2) is 0 Å². The van der Waals surface area contributed by atoms with E-state index in [1.54, 1.807) is 11.3 Å². The molecule has 0 amide bonds. The molecule has 0 aliphatic heterocycles. The molecule has 0 unspecified atom stereocenters. The Labute approximate surface area is 111 Å². The summed E-state index contributed by atoms with van der Waals surface area (Å²) in [6.45, 7) is 1.45. The van der Waals surface area contributed by atoms with Crippen molar-refractivity contribution in [1.29, 1.82) is 0 Å². The second-order valence-electron chi connectivity index (χ2n) is 4.11. The van der Waals surface area contributed by atoms with Crippen molar-refractivity contribution in [3.05, 3.63) is 57.8 Å². The molecule has 1 aromatic carbocycles. The number of ether oxygens (including phenoxy) is 1. The van der Waals surface area contributed by atoms with Gasteiger partial charge in [0.15, 0.2) is 0 Å². The van der Waals surface area contributed by atoms with E-state index < -0.39 is 0 Å². The number of hydrogen-bond donors (Lipinski definition) is 0. The summed E-state index contributed by atoms with van der Waals surface area (Å²) in [7, 11) is 0. The lowest BCUT2D eigenvalue weighted by Gasteiger charge is -2.04. The number of hydrogen-bond acceptors (Lipinski definition) is 3. The lowest BCUT2D eigenvalue weighted by molar-refractivity contribution is 0.112. The Balaban J connectivity index is 1.67. The van der Waals surface area contributed by atoms with Gasteiger partial charge in [-0.1, -0.05) is 18.2 Å². The average molecular weight is 260 g/mol. The Morgan fingerprint density at radius 3 is 2.67 bits per heavy atom. The van der Waals surface area contributed by atoms with Crippen LogP contribution in [0.2, 0.25) is 0 Å². The number of aldehydes is 1. The van der Waals surface area contributed by atoms with Gasteiger partial charge in [0.05, 0.1) is 13.2 Å². The first-order chi connectivity index (χ1) is 8.88. The van der Waals surface area contributed by atoms with Crippen LogP contribution in [0.5, 0.6) is 0 Å². The lowest BCUT2D eigenvalue weighted by atomic mass is 10.1. The zero-order valence-corrected chi connectivity index (χ0v) is 11.0. The van der Waals surface area contributed by atoms with Gasteiger partial charge in [-0.15, -0.1) is 0 Å². The molecule has 3 heteroatoms. The summed E-state index contributed by atoms with van der Waals surface area (Å²) in [6.07, 6.45) is 2.70. The van der Waals surface area contributed by atoms with Crippen LogP contribution in [-0.4, -0.2) is 19.5 Å². The summed E-state index contributed by atoms with van der Waals surface area (Å²) in [5.41, 5.74) is 3.21. The zero-order valence-electron chi connectivity index (χ0n) is 10.2. The normalized spacial score (nSPS) is 10.4. The number of carbonyl (C=O) groups excluding carboxylic acids is 1. The maximum Gasteiger partial charge on any atom is 0.150 e. The van der Waals surface area contributed by atoms with E-state index >= 15 is 0 Å². The first-order valence-electron chi connectivity index (χ1n) is 6.01. The Morgan fingerprint density at radius 2 is 1.94 bits per heavy atom. The van der Waals surface area contributed by atoms with E-state index in [1.807, 2.05) is 24.3 Å². The van der Waals surface area contributed by atoms with Gasteiger partial charge < -0.3 is 4.74 Å². The molecule has 0 aliphatic rings. The van der Waals surface area contributed by atoms with Crippen LogP contribution in [0.1, 0.15) is 21.5 Å². The third-order valence-corrected chi connectivity index (χ3v) is 3.47. The fourth-order valence-corrected chi connectivity index (χ4v) is 2.44. The summed E-state index contributed by atoms with van der Waals surface area (Å²) >= 11 is 1.72. The van der Waals surface area contributed by atoms with Crippen molar-refractivity contribution in [3.63, 3.8) is 0 Å². The number of benzene rings is 1. The van der Waals surface area contributed by atoms with Gasteiger partial charge in [0.2, 0.25) is 0 Å². The first-order valence-corrected chi connectivity index (χ1v) is 6.96. The molecule has 0 atom stereocenters. The molecule has 0 aliphatic carbocycles. The molecule has 2 aromatic rings. The maximum absolute atomic E-state index is 10.6. The van der Waals surface area contributed by atoms with Gasteiger partial charge in [-0.2, -0.15) is 11.3 Å². The highest BCUT2D eigenvalue weighted by Crippen LogP contribution is 2.07. The summed E-state index contributed by atoms with van der Waals surface area (Å²) in [5.74, 6) is 0. The Morgan fingerprint density at radius 1 is 1.11 bits per heavy atom. The summed E-state index contributed by atoms with van der Waals surface area (Å²) in [6, 6.07) is 9.78. The summed E-state index contributed by atoms with van der Waals surface area (Å²) in [4.78, 5) is 10.6. The molecule has 0 spiro atoms. The number of rotatable bonds is 7. The van der Waals surface area contributed by atoms with Crippen molar-refractivity contribution in [2.24, 2.45) is 0 Å². The fourth-order valence-electron chi connectivity index (χ4n) is 1.74. The molecule has 1 heterocycles. The van der Waals surface area contributed by atoms with Crippen LogP contribution in [-0.2, 0) is 17.6 Å². The molecule has 0 saturated heterocycles. The molecule has 94 valence electrons. The average Bonchev–Trinajstić information content (AvgIpc) is 2.92. The van der Waals surface area contributed by atoms with Crippen LogP contribution in [0.15, 0.2) is 41.1 Å². The van der Waals surface area contributed by atoms with Crippen LogP contribution in [0.25, 0.3) is 0 Å². The monoisotopic (exact) mass is 260 g/mol. The minimum absolute atomic E-state index is 0.701. The minimum atomic E-state index is 0.701. The van der Waals surface area contributed by atoms with E-state index in [0.29, 0.717) is 6.61 Å². The Kier molecular flexibility index (Phi) is 5.12. The van der Waals surface area contributed by atoms with Crippen molar-refractivity contribution in [3.8, 4) is 0 Å². The molecule has 0 fully saturated rings. The van der Waals surface area contributed by atoms with E-state index in [-0.39, 0.29) is 0 Å². The number of carbonyl (C=O) groups is 1. The highest BCUT2D eigenvalue weighted by atomic mass is 32.1. The van der Waals surface area contributed by atoms with Crippen LogP contribution >= 0.6 is 11.3 Å². The van der Waals surface area contributed by atoms with Crippen LogP contribution < -0.4 is 0 Å². The lowest BCUT2D eigenvalue weighted by Crippen LogP contribution is -2.02. The number of thiophene rings is 1. The largest absolute Gasteiger partial charge is 0.381 e. The Bertz CT molecular complexity index is 477. The van der Waals surface area contributed by atoms with E-state index in [1.165, 1.54) is 5.56 Å². The van der Waals surface area contributed by atoms with Gasteiger partial charge in [0.25, 0.3) is 0 Å². The van der Waals surface area contributed by atoms with Gasteiger partial charge in [0, 0.05) is 5.56 Å². The molecular formula is C15H16O2S. The smallest absolute Gasteiger partial charge is 0.150 e. The standard InChI is InChI=1S/C15H16O2S/c16-11-15-3-1-2-13(10-15)4-7-17-8-5-14-6-9-18-12-14/h1-3,6,9-12H,4-5,7-8H2. The Hall–Kier alpha value is -1.45. The molecule has 0 saturated carbocycles. The minimum Gasteiger partial charge on any atom is -0.381 e. The first kappa shape index (κ1) is 13.0. The predicted molar refractivity (Wildman–Crippen MR) is 74.4 cm³/mol. The molecule has 0 bridgehead atoms. The summed E-state index contributed by atoms with van der Waals surface area (Å²) in [5, 5.41) is 4.23. The van der Waals surface area contributed by atoms with Crippen molar-refractivity contribution >= 4 is 17.6 Å². The van der Waals surface area contributed by atoms with Crippen molar-refractivity contribution in [1.82, 2.24) is 0 Å². The van der Waals surface area contributed by atoms with E-state index in [9.17, 15) is 4.79 Å². The van der Waals surface area contributed by atoms with Crippen molar-refractivity contribution < 1.29 is 9.53 Å². The molecule has 18 heavy (non-hydrogen) atoms. The SMILES string of the molecule is O=Cc1cccc(CCOCCc2ccsc2)c1. The molecule has 0 radical (unpaired) electrons. The molecule has 0 N–H and O–H groups in total. The van der Waals surface area contributed by atoms with Crippen LogP contribution in [0.3, 0.4) is 0 Å². The van der Waals surface area contributed by atoms with E-state index in [0.717, 1.165) is 36.9 Å². The predicted octanol–water partition coefficient (Wildman–Crippen LogP) is 3.36. The van der Waals surface area contributed by atoms with Gasteiger partial charge >= 0.3 is 0 Å². The molecule has 1 aromatic heterocycles. The maximum atomic E-state index is 10.6. The van der Waals surface area contributed by atoms with E-state index in [4.69, 9.17) is 4.74 Å².